The van der Waals surface area contributed by atoms with Crippen molar-refractivity contribution in [3.63, 3.8) is 0 Å². The van der Waals surface area contributed by atoms with Gasteiger partial charge in [0.15, 0.2) is 0 Å². The first kappa shape index (κ1) is 11.7. The van der Waals surface area contributed by atoms with E-state index in [0.29, 0.717) is 0 Å². The smallest absolute Gasteiger partial charge is 0.250 e. The molecule has 0 saturated heterocycles. The van der Waals surface area contributed by atoms with Crippen LogP contribution in [-0.2, 0) is 5.41 Å². The van der Waals surface area contributed by atoms with Crippen LogP contribution in [0.2, 0.25) is 5.02 Å². The summed E-state index contributed by atoms with van der Waals surface area (Å²) in [6.07, 6.45) is -0.867. The van der Waals surface area contributed by atoms with E-state index >= 15 is 0 Å². The summed E-state index contributed by atoms with van der Waals surface area (Å²) in [6.45, 7) is -0.0246. The van der Waals surface area contributed by atoms with Gasteiger partial charge in [-0.05, 0) is 12.1 Å². The van der Waals surface area contributed by atoms with Gasteiger partial charge in [-0.3, -0.25) is 0 Å². The van der Waals surface area contributed by atoms with Crippen LogP contribution in [0, 0.1) is 5.82 Å². The highest BCUT2D eigenvalue weighted by atomic mass is 35.5. The standard InChI is InChI=1S/C11H11ClF3N/c12-7-2-1-3-8(13)9(7)10(6-16)4-11(14,15)5-10/h1-3H,4-6,16H2. The first-order chi connectivity index (χ1) is 7.40. The lowest BCUT2D eigenvalue weighted by Gasteiger charge is -2.47. The second-order valence-corrected chi connectivity index (χ2v) is 4.70. The molecule has 5 heteroatoms. The van der Waals surface area contributed by atoms with Crippen LogP contribution in [0.3, 0.4) is 0 Å². The van der Waals surface area contributed by atoms with Crippen molar-refractivity contribution in [3.8, 4) is 0 Å². The highest BCUT2D eigenvalue weighted by Crippen LogP contribution is 2.54. The summed E-state index contributed by atoms with van der Waals surface area (Å²) in [5.41, 5.74) is 4.62. The predicted molar refractivity (Wildman–Crippen MR) is 56.3 cm³/mol. The third-order valence-corrected chi connectivity index (χ3v) is 3.39. The highest BCUT2D eigenvalue weighted by Gasteiger charge is 2.58. The van der Waals surface area contributed by atoms with E-state index in [1.807, 2.05) is 0 Å². The van der Waals surface area contributed by atoms with Crippen LogP contribution in [0.25, 0.3) is 0 Å². The maximum absolute atomic E-state index is 13.6. The van der Waals surface area contributed by atoms with E-state index in [2.05, 4.69) is 0 Å². The summed E-state index contributed by atoms with van der Waals surface area (Å²) in [5.74, 6) is -3.32. The fourth-order valence-electron chi connectivity index (χ4n) is 2.37. The van der Waals surface area contributed by atoms with Crippen LogP contribution in [0.5, 0.6) is 0 Å². The molecule has 0 aliphatic heterocycles. The van der Waals surface area contributed by atoms with Crippen molar-refractivity contribution >= 4 is 11.6 Å². The summed E-state index contributed by atoms with van der Waals surface area (Å²) >= 11 is 5.86. The summed E-state index contributed by atoms with van der Waals surface area (Å²) in [5, 5.41) is 0.168. The molecule has 1 saturated carbocycles. The van der Waals surface area contributed by atoms with Crippen molar-refractivity contribution in [2.75, 3.05) is 6.54 Å². The lowest BCUT2D eigenvalue weighted by molar-refractivity contribution is -0.124. The second-order valence-electron chi connectivity index (χ2n) is 4.29. The third kappa shape index (κ3) is 1.70. The average Bonchev–Trinajstić information content (AvgIpc) is 2.13. The normalized spacial score (nSPS) is 21.6. The molecular formula is C11H11ClF3N. The van der Waals surface area contributed by atoms with Crippen molar-refractivity contribution < 1.29 is 13.2 Å². The SMILES string of the molecule is NCC1(c2c(F)cccc2Cl)CC(F)(F)C1. The largest absolute Gasteiger partial charge is 0.330 e. The van der Waals surface area contributed by atoms with Gasteiger partial charge >= 0.3 is 0 Å². The summed E-state index contributed by atoms with van der Waals surface area (Å²) in [6, 6.07) is 4.16. The van der Waals surface area contributed by atoms with Crippen molar-refractivity contribution in [2.24, 2.45) is 5.73 Å². The molecule has 1 aliphatic carbocycles. The zero-order valence-corrected chi connectivity index (χ0v) is 9.20. The molecule has 1 aliphatic rings. The second kappa shape index (κ2) is 3.64. The maximum atomic E-state index is 13.6. The Balaban J connectivity index is 2.43. The van der Waals surface area contributed by atoms with Crippen molar-refractivity contribution in [3.05, 3.63) is 34.6 Å². The van der Waals surface area contributed by atoms with E-state index in [1.165, 1.54) is 18.2 Å². The molecule has 16 heavy (non-hydrogen) atoms. The van der Waals surface area contributed by atoms with Crippen LogP contribution in [0.4, 0.5) is 13.2 Å². The Morgan fingerprint density at radius 2 is 1.94 bits per heavy atom. The monoisotopic (exact) mass is 249 g/mol. The molecule has 0 radical (unpaired) electrons. The Labute approximate surface area is 96.4 Å². The number of hydrogen-bond acceptors (Lipinski definition) is 1. The minimum atomic E-state index is -2.76. The third-order valence-electron chi connectivity index (χ3n) is 3.08. The summed E-state index contributed by atoms with van der Waals surface area (Å²) < 4.78 is 39.5. The van der Waals surface area contributed by atoms with E-state index in [0.717, 1.165) is 0 Å². The average molecular weight is 250 g/mol. The molecule has 1 aromatic carbocycles. The first-order valence-corrected chi connectivity index (χ1v) is 5.30. The van der Waals surface area contributed by atoms with Gasteiger partial charge in [0, 0.05) is 35.4 Å². The Kier molecular flexibility index (Phi) is 2.67. The van der Waals surface area contributed by atoms with Gasteiger partial charge in [0.1, 0.15) is 5.82 Å². The zero-order valence-electron chi connectivity index (χ0n) is 8.44. The van der Waals surface area contributed by atoms with E-state index in [-0.39, 0.29) is 17.1 Å². The maximum Gasteiger partial charge on any atom is 0.250 e. The van der Waals surface area contributed by atoms with Gasteiger partial charge in [0.2, 0.25) is 5.92 Å². The van der Waals surface area contributed by atoms with Crippen LogP contribution < -0.4 is 5.73 Å². The lowest BCUT2D eigenvalue weighted by atomic mass is 9.62. The molecule has 0 unspecified atom stereocenters. The zero-order chi connectivity index (χ0) is 12.0. The highest BCUT2D eigenvalue weighted by molar-refractivity contribution is 6.31. The molecule has 88 valence electrons. The van der Waals surface area contributed by atoms with E-state index in [1.54, 1.807) is 0 Å². The molecule has 0 amide bonds. The van der Waals surface area contributed by atoms with Gasteiger partial charge in [0.25, 0.3) is 0 Å². The Bertz CT molecular complexity index is 391. The van der Waals surface area contributed by atoms with Gasteiger partial charge < -0.3 is 5.73 Å². The topological polar surface area (TPSA) is 26.0 Å². The fraction of sp³-hybridized carbons (Fsp3) is 0.455. The van der Waals surface area contributed by atoms with Crippen LogP contribution in [0.1, 0.15) is 18.4 Å². The molecule has 0 atom stereocenters. The van der Waals surface area contributed by atoms with Gasteiger partial charge in [-0.25, -0.2) is 13.2 Å². The first-order valence-electron chi connectivity index (χ1n) is 4.93. The van der Waals surface area contributed by atoms with Gasteiger partial charge in [-0.2, -0.15) is 0 Å². The summed E-state index contributed by atoms with van der Waals surface area (Å²) in [7, 11) is 0. The van der Waals surface area contributed by atoms with Crippen LogP contribution >= 0.6 is 11.6 Å². The number of nitrogens with two attached hydrogens (primary N) is 1. The number of alkyl halides is 2. The molecule has 0 spiro atoms. The minimum absolute atomic E-state index is 0.0246. The Morgan fingerprint density at radius 3 is 2.38 bits per heavy atom. The number of rotatable bonds is 2. The molecule has 2 N–H and O–H groups in total. The molecule has 0 aromatic heterocycles. The number of benzene rings is 1. The van der Waals surface area contributed by atoms with Crippen molar-refractivity contribution in [2.45, 2.75) is 24.2 Å². The van der Waals surface area contributed by atoms with Crippen LogP contribution in [-0.4, -0.2) is 12.5 Å². The van der Waals surface area contributed by atoms with E-state index in [9.17, 15) is 13.2 Å². The van der Waals surface area contributed by atoms with Crippen molar-refractivity contribution in [1.82, 2.24) is 0 Å². The van der Waals surface area contributed by atoms with E-state index in [4.69, 9.17) is 17.3 Å². The molecule has 0 heterocycles. The molecule has 0 bridgehead atoms. The number of hydrogen-bond donors (Lipinski definition) is 1. The lowest BCUT2D eigenvalue weighted by Crippen LogP contribution is -2.54. The van der Waals surface area contributed by atoms with Gasteiger partial charge in [-0.1, -0.05) is 17.7 Å². The molecular weight excluding hydrogens is 239 g/mol. The van der Waals surface area contributed by atoms with Crippen molar-refractivity contribution in [1.29, 1.82) is 0 Å². The molecule has 2 rings (SSSR count). The molecule has 1 fully saturated rings. The Hall–Kier alpha value is -0.740. The molecule has 1 aromatic rings. The summed E-state index contributed by atoms with van der Waals surface area (Å²) in [4.78, 5) is 0. The predicted octanol–water partition coefficient (Wildman–Crippen LogP) is 3.10. The Morgan fingerprint density at radius 1 is 1.31 bits per heavy atom. The quantitative estimate of drug-likeness (QED) is 0.856. The van der Waals surface area contributed by atoms with Crippen LogP contribution in [0.15, 0.2) is 18.2 Å². The number of halogens is 4. The minimum Gasteiger partial charge on any atom is -0.330 e. The van der Waals surface area contributed by atoms with Gasteiger partial charge in [0.05, 0.1) is 0 Å². The molecule has 1 nitrogen and oxygen atoms in total. The fourth-order valence-corrected chi connectivity index (χ4v) is 2.73. The van der Waals surface area contributed by atoms with E-state index < -0.39 is 30.0 Å². The van der Waals surface area contributed by atoms with Gasteiger partial charge in [-0.15, -0.1) is 0 Å².